The van der Waals surface area contributed by atoms with Crippen molar-refractivity contribution in [2.24, 2.45) is 4.99 Å². The smallest absolute Gasteiger partial charge is 0.220 e. The van der Waals surface area contributed by atoms with Crippen molar-refractivity contribution in [3.63, 3.8) is 0 Å². The molecule has 0 aromatic heterocycles. The number of ether oxygens (including phenoxy) is 3. The van der Waals surface area contributed by atoms with Crippen LogP contribution in [0.3, 0.4) is 0 Å². The van der Waals surface area contributed by atoms with Crippen molar-refractivity contribution in [1.82, 2.24) is 0 Å². The summed E-state index contributed by atoms with van der Waals surface area (Å²) in [4.78, 5) is 4.55. The molecule has 0 saturated carbocycles. The van der Waals surface area contributed by atoms with E-state index in [0.29, 0.717) is 24.0 Å². The topological polar surface area (TPSA) is 40.0 Å². The Morgan fingerprint density at radius 1 is 1.28 bits per heavy atom. The highest BCUT2D eigenvalue weighted by atomic mass is 79.9. The lowest BCUT2D eigenvalue weighted by Gasteiger charge is -2.13. The Hall–Kier alpha value is -1.23. The first-order valence-corrected chi connectivity index (χ1v) is 6.40. The van der Waals surface area contributed by atoms with E-state index in [4.69, 9.17) is 14.2 Å². The second-order valence-electron chi connectivity index (χ2n) is 4.71. The van der Waals surface area contributed by atoms with Crippen molar-refractivity contribution in [1.29, 1.82) is 0 Å². The Morgan fingerprint density at radius 3 is 2.50 bits per heavy atom. The Labute approximate surface area is 115 Å². The van der Waals surface area contributed by atoms with Crippen molar-refractivity contribution in [2.75, 3.05) is 20.8 Å². The minimum Gasteiger partial charge on any atom is -0.493 e. The van der Waals surface area contributed by atoms with Crippen LogP contribution in [-0.2, 0) is 4.74 Å². The largest absolute Gasteiger partial charge is 0.493 e. The highest BCUT2D eigenvalue weighted by molar-refractivity contribution is 9.10. The third-order valence-corrected chi connectivity index (χ3v) is 3.10. The van der Waals surface area contributed by atoms with Gasteiger partial charge >= 0.3 is 0 Å². The fraction of sp³-hybridized carbons (Fsp3) is 0.462. The van der Waals surface area contributed by atoms with E-state index >= 15 is 0 Å². The van der Waals surface area contributed by atoms with Gasteiger partial charge in [0.25, 0.3) is 0 Å². The van der Waals surface area contributed by atoms with Crippen LogP contribution >= 0.6 is 15.9 Å². The molecule has 1 heterocycles. The van der Waals surface area contributed by atoms with Gasteiger partial charge in [-0.25, -0.2) is 4.99 Å². The van der Waals surface area contributed by atoms with Crippen LogP contribution in [0.5, 0.6) is 11.5 Å². The molecular weight excluding hydrogens is 298 g/mol. The maximum atomic E-state index is 5.64. The zero-order valence-electron chi connectivity index (χ0n) is 10.9. The summed E-state index contributed by atoms with van der Waals surface area (Å²) in [5.74, 6) is 1.88. The molecule has 5 heteroatoms. The SMILES string of the molecule is COc1cc(Br)cc(C2=NC(C)(C)CO2)c1OC. The van der Waals surface area contributed by atoms with Crippen LogP contribution in [0.25, 0.3) is 0 Å². The van der Waals surface area contributed by atoms with Crippen LogP contribution in [0.2, 0.25) is 0 Å². The molecule has 0 amide bonds. The maximum absolute atomic E-state index is 5.64. The third-order valence-electron chi connectivity index (χ3n) is 2.64. The summed E-state index contributed by atoms with van der Waals surface area (Å²) < 4.78 is 17.2. The van der Waals surface area contributed by atoms with Gasteiger partial charge in [0.2, 0.25) is 5.90 Å². The van der Waals surface area contributed by atoms with Crippen LogP contribution in [0.15, 0.2) is 21.6 Å². The quantitative estimate of drug-likeness (QED) is 0.861. The minimum atomic E-state index is -0.199. The maximum Gasteiger partial charge on any atom is 0.220 e. The van der Waals surface area contributed by atoms with Gasteiger partial charge in [-0.15, -0.1) is 0 Å². The fourth-order valence-electron chi connectivity index (χ4n) is 1.81. The van der Waals surface area contributed by atoms with Crippen LogP contribution in [-0.4, -0.2) is 32.3 Å². The second kappa shape index (κ2) is 4.80. The van der Waals surface area contributed by atoms with E-state index in [9.17, 15) is 0 Å². The summed E-state index contributed by atoms with van der Waals surface area (Å²) >= 11 is 3.45. The molecule has 4 nitrogen and oxygen atoms in total. The molecular formula is C13H16BrNO3. The van der Waals surface area contributed by atoms with Crippen LogP contribution in [0, 0.1) is 0 Å². The van der Waals surface area contributed by atoms with Crippen molar-refractivity contribution in [2.45, 2.75) is 19.4 Å². The number of methoxy groups -OCH3 is 2. The molecule has 1 aromatic carbocycles. The first-order chi connectivity index (χ1) is 8.46. The van der Waals surface area contributed by atoms with Gasteiger partial charge < -0.3 is 14.2 Å². The van der Waals surface area contributed by atoms with Crippen LogP contribution < -0.4 is 9.47 Å². The van der Waals surface area contributed by atoms with E-state index in [-0.39, 0.29) is 5.54 Å². The average Bonchev–Trinajstić information content (AvgIpc) is 2.68. The van der Waals surface area contributed by atoms with Crippen LogP contribution in [0.1, 0.15) is 19.4 Å². The summed E-state index contributed by atoms with van der Waals surface area (Å²) in [6.07, 6.45) is 0. The van der Waals surface area contributed by atoms with Gasteiger partial charge in [-0.1, -0.05) is 15.9 Å². The first kappa shape index (κ1) is 13.2. The van der Waals surface area contributed by atoms with E-state index in [2.05, 4.69) is 20.9 Å². The lowest BCUT2D eigenvalue weighted by atomic mass is 10.1. The highest BCUT2D eigenvalue weighted by Gasteiger charge is 2.29. The van der Waals surface area contributed by atoms with Crippen molar-refractivity contribution in [3.05, 3.63) is 22.2 Å². The standard InChI is InChI=1S/C13H16BrNO3/c1-13(2)7-18-12(15-13)9-5-8(14)6-10(16-3)11(9)17-4/h5-6H,7H2,1-4H3. The Balaban J connectivity index is 2.54. The highest BCUT2D eigenvalue weighted by Crippen LogP contribution is 2.36. The lowest BCUT2D eigenvalue weighted by molar-refractivity contribution is 0.278. The van der Waals surface area contributed by atoms with Gasteiger partial charge in [-0.3, -0.25) is 0 Å². The van der Waals surface area contributed by atoms with E-state index in [1.807, 2.05) is 26.0 Å². The van der Waals surface area contributed by atoms with Gasteiger partial charge in [-0.05, 0) is 26.0 Å². The number of benzene rings is 1. The van der Waals surface area contributed by atoms with E-state index in [1.165, 1.54) is 0 Å². The second-order valence-corrected chi connectivity index (χ2v) is 5.62. The van der Waals surface area contributed by atoms with Gasteiger partial charge in [0, 0.05) is 4.47 Å². The summed E-state index contributed by atoms with van der Waals surface area (Å²) in [6.45, 7) is 4.63. The molecule has 0 unspecified atom stereocenters. The molecule has 0 spiro atoms. The van der Waals surface area contributed by atoms with Crippen molar-refractivity contribution in [3.8, 4) is 11.5 Å². The van der Waals surface area contributed by atoms with Gasteiger partial charge in [0.15, 0.2) is 11.5 Å². The first-order valence-electron chi connectivity index (χ1n) is 5.61. The summed E-state index contributed by atoms with van der Waals surface area (Å²) in [7, 11) is 3.21. The Kier molecular flexibility index (Phi) is 3.52. The van der Waals surface area contributed by atoms with Crippen LogP contribution in [0.4, 0.5) is 0 Å². The molecule has 18 heavy (non-hydrogen) atoms. The molecule has 2 rings (SSSR count). The molecule has 1 aliphatic rings. The molecule has 0 aliphatic carbocycles. The molecule has 0 saturated heterocycles. The number of aliphatic imine (C=N–C) groups is 1. The monoisotopic (exact) mass is 313 g/mol. The predicted octanol–water partition coefficient (Wildman–Crippen LogP) is 3.02. The average molecular weight is 314 g/mol. The van der Waals surface area contributed by atoms with E-state index in [0.717, 1.165) is 10.0 Å². The Bertz CT molecular complexity index is 497. The molecule has 0 radical (unpaired) electrons. The van der Waals surface area contributed by atoms with Gasteiger partial charge in [-0.2, -0.15) is 0 Å². The molecule has 0 bridgehead atoms. The summed E-state index contributed by atoms with van der Waals surface area (Å²) in [5.41, 5.74) is 0.602. The van der Waals surface area contributed by atoms with E-state index < -0.39 is 0 Å². The lowest BCUT2D eigenvalue weighted by Crippen LogP contribution is -2.17. The zero-order valence-corrected chi connectivity index (χ0v) is 12.5. The van der Waals surface area contributed by atoms with Crippen molar-refractivity contribution < 1.29 is 14.2 Å². The Morgan fingerprint density at radius 2 is 2.00 bits per heavy atom. The van der Waals surface area contributed by atoms with Crippen molar-refractivity contribution >= 4 is 21.8 Å². The fourth-order valence-corrected chi connectivity index (χ4v) is 2.25. The number of hydrogen-bond acceptors (Lipinski definition) is 4. The number of rotatable bonds is 3. The third kappa shape index (κ3) is 2.46. The zero-order chi connectivity index (χ0) is 13.3. The van der Waals surface area contributed by atoms with Gasteiger partial charge in [0.05, 0.1) is 25.3 Å². The number of hydrogen-bond donors (Lipinski definition) is 0. The molecule has 1 aromatic rings. The normalized spacial score (nSPS) is 17.1. The molecule has 98 valence electrons. The molecule has 0 atom stereocenters. The summed E-state index contributed by atoms with van der Waals surface area (Å²) in [5, 5.41) is 0. The molecule has 0 fully saturated rings. The summed E-state index contributed by atoms with van der Waals surface area (Å²) in [6, 6.07) is 3.77. The molecule has 0 N–H and O–H groups in total. The van der Waals surface area contributed by atoms with E-state index in [1.54, 1.807) is 14.2 Å². The molecule has 1 aliphatic heterocycles. The minimum absolute atomic E-state index is 0.199. The predicted molar refractivity (Wildman–Crippen MR) is 73.8 cm³/mol. The number of nitrogens with zero attached hydrogens (tertiary/aromatic N) is 1. The number of halogens is 1. The van der Waals surface area contributed by atoms with Gasteiger partial charge in [0.1, 0.15) is 6.61 Å².